The SMILES string of the molecule is CCNCc1ccccc1OCCOc1ccc(C)nc1. The molecule has 0 saturated heterocycles. The Kier molecular flexibility index (Phi) is 6.03. The van der Waals surface area contributed by atoms with E-state index in [1.54, 1.807) is 6.20 Å². The van der Waals surface area contributed by atoms with Gasteiger partial charge in [0.25, 0.3) is 0 Å². The molecule has 1 aromatic carbocycles. The number of nitrogens with one attached hydrogen (secondary N) is 1. The van der Waals surface area contributed by atoms with E-state index in [1.807, 2.05) is 37.3 Å². The normalized spacial score (nSPS) is 10.4. The van der Waals surface area contributed by atoms with Gasteiger partial charge in [-0.25, -0.2) is 0 Å². The van der Waals surface area contributed by atoms with Crippen LogP contribution in [0.15, 0.2) is 42.6 Å². The van der Waals surface area contributed by atoms with Crippen molar-refractivity contribution in [3.63, 3.8) is 0 Å². The molecule has 1 aromatic heterocycles. The van der Waals surface area contributed by atoms with Crippen LogP contribution in [0.3, 0.4) is 0 Å². The van der Waals surface area contributed by atoms with Crippen LogP contribution in [0.5, 0.6) is 11.5 Å². The minimum Gasteiger partial charge on any atom is -0.490 e. The van der Waals surface area contributed by atoms with E-state index < -0.39 is 0 Å². The van der Waals surface area contributed by atoms with Crippen LogP contribution in [0.2, 0.25) is 0 Å². The first-order valence-electron chi connectivity index (χ1n) is 7.26. The Morgan fingerprint density at radius 3 is 2.62 bits per heavy atom. The lowest BCUT2D eigenvalue weighted by Crippen LogP contribution is -2.14. The molecule has 2 rings (SSSR count). The van der Waals surface area contributed by atoms with Crippen molar-refractivity contribution in [2.75, 3.05) is 19.8 Å². The van der Waals surface area contributed by atoms with Crippen molar-refractivity contribution in [1.82, 2.24) is 10.3 Å². The number of hydrogen-bond acceptors (Lipinski definition) is 4. The van der Waals surface area contributed by atoms with Crippen molar-refractivity contribution in [1.29, 1.82) is 0 Å². The Morgan fingerprint density at radius 1 is 1.05 bits per heavy atom. The van der Waals surface area contributed by atoms with E-state index in [0.717, 1.165) is 35.8 Å². The third kappa shape index (κ3) is 5.08. The molecule has 0 spiro atoms. The van der Waals surface area contributed by atoms with E-state index in [9.17, 15) is 0 Å². The fourth-order valence-electron chi connectivity index (χ4n) is 1.90. The van der Waals surface area contributed by atoms with E-state index in [4.69, 9.17) is 9.47 Å². The maximum Gasteiger partial charge on any atom is 0.137 e. The molecule has 0 atom stereocenters. The molecule has 112 valence electrons. The highest BCUT2D eigenvalue weighted by Crippen LogP contribution is 2.17. The fraction of sp³-hybridized carbons (Fsp3) is 0.353. The summed E-state index contributed by atoms with van der Waals surface area (Å²) in [6.45, 7) is 6.81. The molecule has 1 heterocycles. The number of aryl methyl sites for hydroxylation is 1. The predicted molar refractivity (Wildman–Crippen MR) is 83.8 cm³/mol. The number of pyridine rings is 1. The second-order valence-corrected chi connectivity index (χ2v) is 4.72. The molecule has 0 aliphatic rings. The number of nitrogens with zero attached hydrogens (tertiary/aromatic N) is 1. The summed E-state index contributed by atoms with van der Waals surface area (Å²) in [6.07, 6.45) is 1.73. The van der Waals surface area contributed by atoms with Crippen LogP contribution in [-0.4, -0.2) is 24.7 Å². The monoisotopic (exact) mass is 286 g/mol. The predicted octanol–water partition coefficient (Wildman–Crippen LogP) is 2.96. The maximum absolute atomic E-state index is 5.79. The van der Waals surface area contributed by atoms with Crippen LogP contribution < -0.4 is 14.8 Å². The van der Waals surface area contributed by atoms with Crippen LogP contribution >= 0.6 is 0 Å². The number of aromatic nitrogens is 1. The standard InChI is InChI=1S/C17H22N2O2/c1-3-18-12-15-6-4-5-7-17(15)21-11-10-20-16-9-8-14(2)19-13-16/h4-9,13,18H,3,10-12H2,1-2H3. The second kappa shape index (κ2) is 8.27. The molecule has 0 fully saturated rings. The Labute approximate surface area is 126 Å². The number of para-hydroxylation sites is 1. The fourth-order valence-corrected chi connectivity index (χ4v) is 1.90. The zero-order chi connectivity index (χ0) is 14.9. The third-order valence-corrected chi connectivity index (χ3v) is 3.03. The Balaban J connectivity index is 1.79. The first kappa shape index (κ1) is 15.3. The Bertz CT molecular complexity index is 541. The zero-order valence-electron chi connectivity index (χ0n) is 12.6. The van der Waals surface area contributed by atoms with Gasteiger partial charge in [0, 0.05) is 17.8 Å². The molecule has 0 radical (unpaired) electrons. The maximum atomic E-state index is 5.79. The van der Waals surface area contributed by atoms with E-state index in [1.165, 1.54) is 0 Å². The van der Waals surface area contributed by atoms with Crippen molar-refractivity contribution in [3.8, 4) is 11.5 Å². The largest absolute Gasteiger partial charge is 0.490 e. The van der Waals surface area contributed by atoms with Crippen LogP contribution in [0.4, 0.5) is 0 Å². The van der Waals surface area contributed by atoms with Crippen LogP contribution in [0.25, 0.3) is 0 Å². The van der Waals surface area contributed by atoms with Crippen molar-refractivity contribution in [3.05, 3.63) is 53.9 Å². The topological polar surface area (TPSA) is 43.4 Å². The highest BCUT2D eigenvalue weighted by Gasteiger charge is 2.02. The molecule has 4 heteroatoms. The van der Waals surface area contributed by atoms with E-state index in [2.05, 4.69) is 23.3 Å². The third-order valence-electron chi connectivity index (χ3n) is 3.03. The van der Waals surface area contributed by atoms with E-state index >= 15 is 0 Å². The van der Waals surface area contributed by atoms with Gasteiger partial charge in [0.2, 0.25) is 0 Å². The number of rotatable bonds is 8. The summed E-state index contributed by atoms with van der Waals surface area (Å²) >= 11 is 0. The van der Waals surface area contributed by atoms with Crippen molar-refractivity contribution in [2.24, 2.45) is 0 Å². The molecule has 0 aliphatic heterocycles. The van der Waals surface area contributed by atoms with Crippen molar-refractivity contribution in [2.45, 2.75) is 20.4 Å². The van der Waals surface area contributed by atoms with Gasteiger partial charge < -0.3 is 14.8 Å². The smallest absolute Gasteiger partial charge is 0.137 e. The number of ether oxygens (including phenoxy) is 2. The highest BCUT2D eigenvalue weighted by molar-refractivity contribution is 5.33. The average Bonchev–Trinajstić information content (AvgIpc) is 2.52. The summed E-state index contributed by atoms with van der Waals surface area (Å²) in [4.78, 5) is 4.19. The van der Waals surface area contributed by atoms with Crippen LogP contribution in [-0.2, 0) is 6.54 Å². The summed E-state index contributed by atoms with van der Waals surface area (Å²) in [5.41, 5.74) is 2.15. The van der Waals surface area contributed by atoms with Crippen LogP contribution in [0.1, 0.15) is 18.2 Å². The Hall–Kier alpha value is -2.07. The van der Waals surface area contributed by atoms with Gasteiger partial charge in [0.15, 0.2) is 0 Å². The molecule has 0 bridgehead atoms. The molecular formula is C17H22N2O2. The summed E-state index contributed by atoms with van der Waals surface area (Å²) < 4.78 is 11.4. The van der Waals surface area contributed by atoms with Gasteiger partial charge in [-0.05, 0) is 31.7 Å². The van der Waals surface area contributed by atoms with Crippen molar-refractivity contribution < 1.29 is 9.47 Å². The first-order chi connectivity index (χ1) is 10.3. The highest BCUT2D eigenvalue weighted by atomic mass is 16.5. The minimum absolute atomic E-state index is 0.500. The van der Waals surface area contributed by atoms with Gasteiger partial charge in [-0.3, -0.25) is 4.98 Å². The summed E-state index contributed by atoms with van der Waals surface area (Å²) in [5.74, 6) is 1.68. The molecule has 4 nitrogen and oxygen atoms in total. The lowest BCUT2D eigenvalue weighted by Gasteiger charge is -2.12. The quantitative estimate of drug-likeness (QED) is 0.758. The van der Waals surface area contributed by atoms with Gasteiger partial charge in [-0.2, -0.15) is 0 Å². The molecule has 21 heavy (non-hydrogen) atoms. The number of hydrogen-bond donors (Lipinski definition) is 1. The number of benzene rings is 1. The molecule has 2 aromatic rings. The van der Waals surface area contributed by atoms with Gasteiger partial charge in [0.1, 0.15) is 24.7 Å². The van der Waals surface area contributed by atoms with Gasteiger partial charge in [-0.1, -0.05) is 25.1 Å². The first-order valence-corrected chi connectivity index (χ1v) is 7.26. The average molecular weight is 286 g/mol. The van der Waals surface area contributed by atoms with E-state index in [0.29, 0.717) is 13.2 Å². The Morgan fingerprint density at radius 2 is 1.86 bits per heavy atom. The van der Waals surface area contributed by atoms with E-state index in [-0.39, 0.29) is 0 Å². The van der Waals surface area contributed by atoms with Crippen molar-refractivity contribution >= 4 is 0 Å². The van der Waals surface area contributed by atoms with Gasteiger partial charge in [-0.15, -0.1) is 0 Å². The molecule has 0 unspecified atom stereocenters. The second-order valence-electron chi connectivity index (χ2n) is 4.72. The molecule has 1 N–H and O–H groups in total. The summed E-state index contributed by atoms with van der Waals surface area (Å²) in [6, 6.07) is 11.9. The molecule has 0 aliphatic carbocycles. The lowest BCUT2D eigenvalue weighted by molar-refractivity contribution is 0.215. The molecule has 0 amide bonds. The van der Waals surface area contributed by atoms with Crippen LogP contribution in [0, 0.1) is 6.92 Å². The molecule has 0 saturated carbocycles. The molecular weight excluding hydrogens is 264 g/mol. The van der Waals surface area contributed by atoms with Gasteiger partial charge >= 0.3 is 0 Å². The van der Waals surface area contributed by atoms with Gasteiger partial charge in [0.05, 0.1) is 6.20 Å². The zero-order valence-corrected chi connectivity index (χ0v) is 12.6. The minimum atomic E-state index is 0.500. The summed E-state index contributed by atoms with van der Waals surface area (Å²) in [5, 5.41) is 3.31. The lowest BCUT2D eigenvalue weighted by atomic mass is 10.2. The summed E-state index contributed by atoms with van der Waals surface area (Å²) in [7, 11) is 0.